The lowest BCUT2D eigenvalue weighted by molar-refractivity contribution is 0.308. The molecule has 102 valence electrons. The monoisotopic (exact) mass is 276 g/mol. The molecule has 1 fully saturated rings. The van der Waals surface area contributed by atoms with E-state index in [2.05, 4.69) is 27.8 Å². The first-order valence-electron chi connectivity index (χ1n) is 6.75. The SMILES string of the molecule is C[C@H]1CCCC[C@@H]1NC(=S)N/N=C\c1ccncc1. The van der Waals surface area contributed by atoms with Gasteiger partial charge < -0.3 is 5.32 Å². The molecule has 1 aliphatic carbocycles. The van der Waals surface area contributed by atoms with Crippen LogP contribution in [0.1, 0.15) is 38.2 Å². The molecule has 0 amide bonds. The second kappa shape index (κ2) is 7.19. The average molecular weight is 276 g/mol. The first kappa shape index (κ1) is 13.9. The van der Waals surface area contributed by atoms with Crippen LogP contribution in [0.2, 0.25) is 0 Å². The highest BCUT2D eigenvalue weighted by Crippen LogP contribution is 2.23. The summed E-state index contributed by atoms with van der Waals surface area (Å²) in [7, 11) is 0. The van der Waals surface area contributed by atoms with Gasteiger partial charge in [-0.05, 0) is 48.7 Å². The van der Waals surface area contributed by atoms with E-state index in [4.69, 9.17) is 12.2 Å². The maximum absolute atomic E-state index is 5.25. The van der Waals surface area contributed by atoms with Crippen LogP contribution in [0.5, 0.6) is 0 Å². The van der Waals surface area contributed by atoms with Crippen LogP contribution >= 0.6 is 12.2 Å². The maximum Gasteiger partial charge on any atom is 0.187 e. The molecular weight excluding hydrogens is 256 g/mol. The minimum atomic E-state index is 0.477. The molecule has 0 bridgehead atoms. The largest absolute Gasteiger partial charge is 0.358 e. The lowest BCUT2D eigenvalue weighted by Gasteiger charge is -2.30. The van der Waals surface area contributed by atoms with Crippen molar-refractivity contribution in [3.05, 3.63) is 30.1 Å². The van der Waals surface area contributed by atoms with E-state index in [1.54, 1.807) is 18.6 Å². The summed E-state index contributed by atoms with van der Waals surface area (Å²) < 4.78 is 0. The number of pyridine rings is 1. The van der Waals surface area contributed by atoms with Crippen molar-refractivity contribution in [2.24, 2.45) is 11.0 Å². The van der Waals surface area contributed by atoms with Crippen molar-refractivity contribution in [3.8, 4) is 0 Å². The van der Waals surface area contributed by atoms with Crippen molar-refractivity contribution < 1.29 is 0 Å². The number of hydrogen-bond donors (Lipinski definition) is 2. The Balaban J connectivity index is 1.77. The molecule has 2 N–H and O–H groups in total. The number of nitrogens with zero attached hydrogens (tertiary/aromatic N) is 2. The molecule has 0 spiro atoms. The Morgan fingerprint density at radius 2 is 2.11 bits per heavy atom. The minimum absolute atomic E-state index is 0.477. The highest BCUT2D eigenvalue weighted by molar-refractivity contribution is 7.80. The number of nitrogens with one attached hydrogen (secondary N) is 2. The Labute approximate surface area is 119 Å². The summed E-state index contributed by atoms with van der Waals surface area (Å²) in [6, 6.07) is 4.26. The van der Waals surface area contributed by atoms with Crippen LogP contribution in [-0.2, 0) is 0 Å². The molecule has 0 radical (unpaired) electrons. The zero-order chi connectivity index (χ0) is 13.5. The summed E-state index contributed by atoms with van der Waals surface area (Å²) in [6.07, 6.45) is 10.3. The molecule has 0 saturated heterocycles. The van der Waals surface area contributed by atoms with Gasteiger partial charge in [-0.25, -0.2) is 0 Å². The van der Waals surface area contributed by atoms with E-state index in [0.717, 1.165) is 5.56 Å². The fraction of sp³-hybridized carbons (Fsp3) is 0.500. The zero-order valence-corrected chi connectivity index (χ0v) is 12.0. The fourth-order valence-corrected chi connectivity index (χ4v) is 2.55. The Bertz CT molecular complexity index is 432. The van der Waals surface area contributed by atoms with Gasteiger partial charge in [-0.3, -0.25) is 10.4 Å². The van der Waals surface area contributed by atoms with Gasteiger partial charge in [0.2, 0.25) is 0 Å². The topological polar surface area (TPSA) is 49.3 Å². The number of aromatic nitrogens is 1. The van der Waals surface area contributed by atoms with Gasteiger partial charge in [0.05, 0.1) is 6.21 Å². The molecular formula is C14H20N4S. The van der Waals surface area contributed by atoms with Crippen molar-refractivity contribution in [2.75, 3.05) is 0 Å². The van der Waals surface area contributed by atoms with Crippen LogP contribution in [0.3, 0.4) is 0 Å². The van der Waals surface area contributed by atoms with Gasteiger partial charge >= 0.3 is 0 Å². The third-order valence-corrected chi connectivity index (χ3v) is 3.72. The Hall–Kier alpha value is -1.49. The van der Waals surface area contributed by atoms with Gasteiger partial charge in [0.25, 0.3) is 0 Å². The second-order valence-corrected chi connectivity index (χ2v) is 5.40. The van der Waals surface area contributed by atoms with Crippen molar-refractivity contribution in [2.45, 2.75) is 38.6 Å². The van der Waals surface area contributed by atoms with Crippen LogP contribution in [0.25, 0.3) is 0 Å². The predicted molar refractivity (Wildman–Crippen MR) is 82.1 cm³/mol. The summed E-state index contributed by atoms with van der Waals surface area (Å²) in [6.45, 7) is 2.28. The molecule has 0 aromatic carbocycles. The summed E-state index contributed by atoms with van der Waals surface area (Å²) in [5.41, 5.74) is 3.86. The average Bonchev–Trinajstić information content (AvgIpc) is 2.43. The third kappa shape index (κ3) is 4.59. The van der Waals surface area contributed by atoms with E-state index in [1.165, 1.54) is 25.7 Å². The van der Waals surface area contributed by atoms with Crippen LogP contribution < -0.4 is 10.7 Å². The molecule has 1 aromatic heterocycles. The molecule has 1 saturated carbocycles. The Morgan fingerprint density at radius 1 is 1.37 bits per heavy atom. The molecule has 19 heavy (non-hydrogen) atoms. The van der Waals surface area contributed by atoms with Gasteiger partial charge in [-0.2, -0.15) is 5.10 Å². The summed E-state index contributed by atoms with van der Waals surface area (Å²) in [5, 5.41) is 8.08. The number of hydrogen-bond acceptors (Lipinski definition) is 3. The fourth-order valence-electron chi connectivity index (χ4n) is 2.35. The minimum Gasteiger partial charge on any atom is -0.358 e. The van der Waals surface area contributed by atoms with E-state index in [9.17, 15) is 0 Å². The van der Waals surface area contributed by atoms with E-state index in [-0.39, 0.29) is 0 Å². The summed E-state index contributed by atoms with van der Waals surface area (Å²) in [5.74, 6) is 0.678. The molecule has 4 nitrogen and oxygen atoms in total. The zero-order valence-electron chi connectivity index (χ0n) is 11.2. The van der Waals surface area contributed by atoms with Crippen molar-refractivity contribution in [1.82, 2.24) is 15.7 Å². The van der Waals surface area contributed by atoms with Crippen LogP contribution in [0.15, 0.2) is 29.6 Å². The van der Waals surface area contributed by atoms with Gasteiger partial charge in [0, 0.05) is 18.4 Å². The number of hydrazone groups is 1. The normalized spacial score (nSPS) is 23.2. The first-order chi connectivity index (χ1) is 9.25. The van der Waals surface area contributed by atoms with Gasteiger partial charge in [0.15, 0.2) is 5.11 Å². The standard InChI is InChI=1S/C14H20N4S/c1-11-4-2-3-5-13(11)17-14(19)18-16-10-12-6-8-15-9-7-12/h6-11,13H,2-5H2,1H3,(H2,17,18,19)/b16-10-/t11-,13-/m0/s1. The van der Waals surface area contributed by atoms with Crippen molar-refractivity contribution in [3.63, 3.8) is 0 Å². The molecule has 2 atom stereocenters. The van der Waals surface area contributed by atoms with E-state index in [1.807, 2.05) is 12.1 Å². The first-order valence-corrected chi connectivity index (χ1v) is 7.16. The quantitative estimate of drug-likeness (QED) is 0.506. The van der Waals surface area contributed by atoms with Crippen LogP contribution in [0, 0.1) is 5.92 Å². The number of thiocarbonyl (C=S) groups is 1. The number of rotatable bonds is 3. The third-order valence-electron chi connectivity index (χ3n) is 3.51. The van der Waals surface area contributed by atoms with E-state index in [0.29, 0.717) is 17.1 Å². The van der Waals surface area contributed by atoms with Crippen LogP contribution in [0.4, 0.5) is 0 Å². The molecule has 1 aromatic rings. The maximum atomic E-state index is 5.25. The Kier molecular flexibility index (Phi) is 5.27. The molecule has 1 heterocycles. The van der Waals surface area contributed by atoms with Crippen LogP contribution in [-0.4, -0.2) is 22.4 Å². The summed E-state index contributed by atoms with van der Waals surface area (Å²) in [4.78, 5) is 3.95. The van der Waals surface area contributed by atoms with E-state index >= 15 is 0 Å². The highest BCUT2D eigenvalue weighted by Gasteiger charge is 2.21. The van der Waals surface area contributed by atoms with Gasteiger partial charge in [0.1, 0.15) is 0 Å². The lowest BCUT2D eigenvalue weighted by atomic mass is 9.86. The Morgan fingerprint density at radius 3 is 2.84 bits per heavy atom. The molecule has 5 heteroatoms. The van der Waals surface area contributed by atoms with E-state index < -0.39 is 0 Å². The molecule has 0 unspecified atom stereocenters. The molecule has 1 aliphatic rings. The van der Waals surface area contributed by atoms with Gasteiger partial charge in [-0.1, -0.05) is 19.8 Å². The molecule has 0 aliphatic heterocycles. The van der Waals surface area contributed by atoms with Crippen molar-refractivity contribution >= 4 is 23.5 Å². The van der Waals surface area contributed by atoms with Crippen molar-refractivity contribution in [1.29, 1.82) is 0 Å². The predicted octanol–water partition coefficient (Wildman–Crippen LogP) is 2.46. The van der Waals surface area contributed by atoms with Gasteiger partial charge in [-0.15, -0.1) is 0 Å². The second-order valence-electron chi connectivity index (χ2n) is 4.99. The highest BCUT2D eigenvalue weighted by atomic mass is 32.1. The lowest BCUT2D eigenvalue weighted by Crippen LogP contribution is -2.44. The smallest absolute Gasteiger partial charge is 0.187 e. The summed E-state index contributed by atoms with van der Waals surface area (Å²) >= 11 is 5.25. The molecule has 2 rings (SSSR count).